The van der Waals surface area contributed by atoms with Crippen molar-refractivity contribution in [2.24, 2.45) is 0 Å². The lowest BCUT2D eigenvalue weighted by molar-refractivity contribution is 0.0952. The number of hydrogen-bond donors (Lipinski definition) is 1. The average Bonchev–Trinajstić information content (AvgIpc) is 2.84. The number of rotatable bonds is 5. The highest BCUT2D eigenvalue weighted by Gasteiger charge is 2.13. The monoisotopic (exact) mass is 311 g/mol. The Hall–Kier alpha value is -2.49. The van der Waals surface area contributed by atoms with Crippen LogP contribution in [0.25, 0.3) is 0 Å². The summed E-state index contributed by atoms with van der Waals surface area (Å²) >= 11 is 0. The summed E-state index contributed by atoms with van der Waals surface area (Å²) in [6, 6.07) is 15.6. The molecule has 4 nitrogen and oxygen atoms in total. The van der Waals surface area contributed by atoms with E-state index in [4.69, 9.17) is 9.47 Å². The number of fused-ring (bicyclic) bond motifs is 1. The molecule has 120 valence electrons. The van der Waals surface area contributed by atoms with E-state index in [-0.39, 0.29) is 5.91 Å². The van der Waals surface area contributed by atoms with E-state index >= 15 is 0 Å². The van der Waals surface area contributed by atoms with Crippen LogP contribution < -0.4 is 14.8 Å². The number of amides is 1. The first-order chi connectivity index (χ1) is 11.3. The molecular formula is C19H21NO3. The van der Waals surface area contributed by atoms with Gasteiger partial charge in [0.05, 0.1) is 13.2 Å². The number of ether oxygens (including phenoxy) is 2. The number of nitrogens with one attached hydrogen (secondary N) is 1. The van der Waals surface area contributed by atoms with E-state index < -0.39 is 0 Å². The fourth-order valence-electron chi connectivity index (χ4n) is 2.55. The van der Waals surface area contributed by atoms with Crippen molar-refractivity contribution in [3.63, 3.8) is 0 Å². The molecule has 1 amide bonds. The minimum absolute atomic E-state index is 0.0753. The third-order valence-electron chi connectivity index (χ3n) is 3.78. The lowest BCUT2D eigenvalue weighted by Gasteiger charge is -2.10. The van der Waals surface area contributed by atoms with Crippen molar-refractivity contribution in [1.29, 1.82) is 0 Å². The number of benzene rings is 2. The van der Waals surface area contributed by atoms with Gasteiger partial charge in [-0.1, -0.05) is 30.3 Å². The van der Waals surface area contributed by atoms with E-state index in [0.29, 0.717) is 36.8 Å². The molecule has 0 bridgehead atoms. The summed E-state index contributed by atoms with van der Waals surface area (Å²) < 4.78 is 11.2. The highest BCUT2D eigenvalue weighted by atomic mass is 16.5. The summed E-state index contributed by atoms with van der Waals surface area (Å²) in [6.07, 6.45) is 2.73. The molecule has 0 fully saturated rings. The summed E-state index contributed by atoms with van der Waals surface area (Å²) in [6.45, 7) is 1.93. The Labute approximate surface area is 136 Å². The highest BCUT2D eigenvalue weighted by molar-refractivity contribution is 5.94. The van der Waals surface area contributed by atoms with E-state index in [1.54, 1.807) is 18.2 Å². The number of aryl methyl sites for hydroxylation is 1. The average molecular weight is 311 g/mol. The maximum Gasteiger partial charge on any atom is 0.251 e. The van der Waals surface area contributed by atoms with Crippen LogP contribution in [0.4, 0.5) is 0 Å². The minimum Gasteiger partial charge on any atom is -0.490 e. The minimum atomic E-state index is -0.0753. The molecule has 1 heterocycles. The highest BCUT2D eigenvalue weighted by Crippen LogP contribution is 2.30. The van der Waals surface area contributed by atoms with Crippen LogP contribution in [0.1, 0.15) is 28.8 Å². The quantitative estimate of drug-likeness (QED) is 0.863. The van der Waals surface area contributed by atoms with Crippen LogP contribution >= 0.6 is 0 Å². The Kier molecular flexibility index (Phi) is 5.14. The van der Waals surface area contributed by atoms with Crippen molar-refractivity contribution in [3.05, 3.63) is 59.7 Å². The number of hydrogen-bond acceptors (Lipinski definition) is 3. The van der Waals surface area contributed by atoms with Crippen LogP contribution in [0, 0.1) is 0 Å². The Bertz CT molecular complexity index is 655. The largest absolute Gasteiger partial charge is 0.490 e. The van der Waals surface area contributed by atoms with Gasteiger partial charge in [-0.15, -0.1) is 0 Å². The predicted molar refractivity (Wildman–Crippen MR) is 89.1 cm³/mol. The van der Waals surface area contributed by atoms with E-state index in [9.17, 15) is 4.79 Å². The fraction of sp³-hybridized carbons (Fsp3) is 0.316. The first kappa shape index (κ1) is 15.4. The molecule has 0 spiro atoms. The van der Waals surface area contributed by atoms with Crippen LogP contribution in [0.2, 0.25) is 0 Å². The standard InChI is InChI=1S/C19H21NO3/c21-19(20-11-4-8-15-6-2-1-3-7-15)16-9-10-17-18(14-16)23-13-5-12-22-17/h1-3,6-7,9-10,14H,4-5,8,11-13H2,(H,20,21). The normalized spacial score (nSPS) is 13.2. The van der Waals surface area contributed by atoms with Gasteiger partial charge in [-0.25, -0.2) is 0 Å². The molecule has 0 unspecified atom stereocenters. The van der Waals surface area contributed by atoms with E-state index in [1.807, 2.05) is 18.2 Å². The molecule has 0 saturated carbocycles. The molecule has 0 atom stereocenters. The molecular weight excluding hydrogens is 290 g/mol. The summed E-state index contributed by atoms with van der Waals surface area (Å²) in [4.78, 5) is 12.2. The first-order valence-corrected chi connectivity index (χ1v) is 8.05. The van der Waals surface area contributed by atoms with Gasteiger partial charge in [-0.05, 0) is 36.6 Å². The van der Waals surface area contributed by atoms with Gasteiger partial charge < -0.3 is 14.8 Å². The van der Waals surface area contributed by atoms with Crippen molar-refractivity contribution in [2.75, 3.05) is 19.8 Å². The molecule has 3 rings (SSSR count). The Morgan fingerprint density at radius 3 is 2.61 bits per heavy atom. The van der Waals surface area contributed by atoms with Crippen LogP contribution in [0.3, 0.4) is 0 Å². The van der Waals surface area contributed by atoms with Crippen molar-refractivity contribution >= 4 is 5.91 Å². The van der Waals surface area contributed by atoms with Crippen LogP contribution in [-0.2, 0) is 6.42 Å². The molecule has 0 aliphatic carbocycles. The van der Waals surface area contributed by atoms with Crippen molar-refractivity contribution in [1.82, 2.24) is 5.32 Å². The summed E-state index contributed by atoms with van der Waals surface area (Å²) in [7, 11) is 0. The molecule has 0 aromatic heterocycles. The van der Waals surface area contributed by atoms with Gasteiger partial charge in [0, 0.05) is 18.5 Å². The van der Waals surface area contributed by atoms with Crippen molar-refractivity contribution < 1.29 is 14.3 Å². The van der Waals surface area contributed by atoms with Crippen LogP contribution in [0.15, 0.2) is 48.5 Å². The van der Waals surface area contributed by atoms with Gasteiger partial charge in [-0.3, -0.25) is 4.79 Å². The van der Waals surface area contributed by atoms with Crippen molar-refractivity contribution in [3.8, 4) is 11.5 Å². The van der Waals surface area contributed by atoms with Crippen molar-refractivity contribution in [2.45, 2.75) is 19.3 Å². The van der Waals surface area contributed by atoms with Gasteiger partial charge in [0.2, 0.25) is 0 Å². The van der Waals surface area contributed by atoms with Gasteiger partial charge in [0.1, 0.15) is 0 Å². The van der Waals surface area contributed by atoms with E-state index in [1.165, 1.54) is 5.56 Å². The third kappa shape index (κ3) is 4.25. The molecule has 2 aromatic rings. The molecule has 23 heavy (non-hydrogen) atoms. The third-order valence-corrected chi connectivity index (χ3v) is 3.78. The number of carbonyl (C=O) groups excluding carboxylic acids is 1. The molecule has 1 aliphatic heterocycles. The lowest BCUT2D eigenvalue weighted by Crippen LogP contribution is -2.24. The summed E-state index contributed by atoms with van der Waals surface area (Å²) in [5, 5.41) is 2.96. The Morgan fingerprint density at radius 1 is 1.00 bits per heavy atom. The second-order valence-corrected chi connectivity index (χ2v) is 5.56. The molecule has 2 aromatic carbocycles. The second-order valence-electron chi connectivity index (χ2n) is 5.56. The smallest absolute Gasteiger partial charge is 0.251 e. The first-order valence-electron chi connectivity index (χ1n) is 8.05. The predicted octanol–water partition coefficient (Wildman–Crippen LogP) is 3.21. The van der Waals surface area contributed by atoms with Crippen LogP contribution in [-0.4, -0.2) is 25.7 Å². The summed E-state index contributed by atoms with van der Waals surface area (Å²) in [5.74, 6) is 1.29. The van der Waals surface area contributed by atoms with Crippen LogP contribution in [0.5, 0.6) is 11.5 Å². The van der Waals surface area contributed by atoms with E-state index in [0.717, 1.165) is 19.3 Å². The molecule has 0 saturated heterocycles. The summed E-state index contributed by atoms with van der Waals surface area (Å²) in [5.41, 5.74) is 1.89. The van der Waals surface area contributed by atoms with Gasteiger partial charge in [0.25, 0.3) is 5.91 Å². The number of carbonyl (C=O) groups is 1. The SMILES string of the molecule is O=C(NCCCc1ccccc1)c1ccc2c(c1)OCCCO2. The maximum atomic E-state index is 12.2. The zero-order chi connectivity index (χ0) is 15.9. The van der Waals surface area contributed by atoms with Gasteiger partial charge >= 0.3 is 0 Å². The van der Waals surface area contributed by atoms with E-state index in [2.05, 4.69) is 17.4 Å². The zero-order valence-electron chi connectivity index (χ0n) is 13.1. The molecule has 0 radical (unpaired) electrons. The maximum absolute atomic E-state index is 12.2. The topological polar surface area (TPSA) is 47.6 Å². The Morgan fingerprint density at radius 2 is 1.78 bits per heavy atom. The lowest BCUT2D eigenvalue weighted by atomic mass is 10.1. The zero-order valence-corrected chi connectivity index (χ0v) is 13.1. The second kappa shape index (κ2) is 7.68. The molecule has 1 N–H and O–H groups in total. The van der Waals surface area contributed by atoms with Gasteiger partial charge in [-0.2, -0.15) is 0 Å². The van der Waals surface area contributed by atoms with Gasteiger partial charge in [0.15, 0.2) is 11.5 Å². The Balaban J connectivity index is 1.51. The molecule has 1 aliphatic rings. The molecule has 4 heteroatoms. The fourth-order valence-corrected chi connectivity index (χ4v) is 2.55.